The predicted molar refractivity (Wildman–Crippen MR) is 62.3 cm³/mol. The summed E-state index contributed by atoms with van der Waals surface area (Å²) in [4.78, 5) is 2.59. The second-order valence-electron chi connectivity index (χ2n) is 4.27. The molecule has 2 heteroatoms. The minimum Gasteiger partial charge on any atom is -0.330 e. The van der Waals surface area contributed by atoms with Gasteiger partial charge in [0.05, 0.1) is 0 Å². The van der Waals surface area contributed by atoms with E-state index >= 15 is 0 Å². The maximum Gasteiger partial charge on any atom is 0.0132 e. The maximum absolute atomic E-state index is 5.53. The molecule has 1 atom stereocenters. The lowest BCUT2D eigenvalue weighted by Gasteiger charge is -2.35. The topological polar surface area (TPSA) is 29.3 Å². The van der Waals surface area contributed by atoms with Gasteiger partial charge in [-0.05, 0) is 45.3 Å². The average Bonchev–Trinajstić information content (AvgIpc) is 2.19. The van der Waals surface area contributed by atoms with Crippen LogP contribution in [0.2, 0.25) is 0 Å². The van der Waals surface area contributed by atoms with Gasteiger partial charge in [0, 0.05) is 6.04 Å². The summed E-state index contributed by atoms with van der Waals surface area (Å²) in [5, 5.41) is 0. The van der Waals surface area contributed by atoms with Gasteiger partial charge in [-0.2, -0.15) is 0 Å². The van der Waals surface area contributed by atoms with E-state index in [4.69, 9.17) is 5.73 Å². The number of hydrogen-bond acceptors (Lipinski definition) is 2. The van der Waals surface area contributed by atoms with Crippen molar-refractivity contribution in [3.8, 4) is 0 Å². The summed E-state index contributed by atoms with van der Waals surface area (Å²) in [5.74, 6) is 0. The molecule has 1 saturated heterocycles. The third kappa shape index (κ3) is 3.43. The van der Waals surface area contributed by atoms with Crippen molar-refractivity contribution in [2.24, 2.45) is 5.73 Å². The molecule has 1 aliphatic heterocycles. The monoisotopic (exact) mass is 196 g/mol. The van der Waals surface area contributed by atoms with Crippen LogP contribution in [0.4, 0.5) is 0 Å². The lowest BCUT2D eigenvalue weighted by Crippen LogP contribution is -2.39. The van der Waals surface area contributed by atoms with Crippen LogP contribution in [-0.2, 0) is 0 Å². The summed E-state index contributed by atoms with van der Waals surface area (Å²) in [6.07, 6.45) is 6.25. The number of likely N-dealkylation sites (tertiary alicyclic amines) is 1. The third-order valence-electron chi connectivity index (χ3n) is 3.18. The fourth-order valence-electron chi connectivity index (χ4n) is 2.35. The Morgan fingerprint density at radius 1 is 1.50 bits per heavy atom. The Hall–Kier alpha value is -0.340. The maximum atomic E-state index is 5.53. The van der Waals surface area contributed by atoms with Crippen molar-refractivity contribution in [3.05, 3.63) is 12.2 Å². The highest BCUT2D eigenvalue weighted by Gasteiger charge is 2.20. The van der Waals surface area contributed by atoms with Crippen LogP contribution in [0, 0.1) is 0 Å². The van der Waals surface area contributed by atoms with Gasteiger partial charge in [0.15, 0.2) is 0 Å². The molecule has 0 aromatic rings. The molecule has 1 unspecified atom stereocenters. The minimum absolute atomic E-state index is 0.743. The average molecular weight is 196 g/mol. The Balaban J connectivity index is 2.36. The van der Waals surface area contributed by atoms with Crippen LogP contribution in [0.25, 0.3) is 0 Å². The van der Waals surface area contributed by atoms with Gasteiger partial charge in [-0.25, -0.2) is 0 Å². The summed E-state index contributed by atoms with van der Waals surface area (Å²) in [6.45, 7) is 9.56. The molecular formula is C12H24N2. The molecule has 1 aliphatic rings. The Labute approximate surface area is 88.2 Å². The smallest absolute Gasteiger partial charge is 0.0132 e. The molecule has 82 valence electrons. The van der Waals surface area contributed by atoms with Crippen LogP contribution in [-0.4, -0.2) is 30.6 Å². The van der Waals surface area contributed by atoms with Crippen molar-refractivity contribution < 1.29 is 0 Å². The summed E-state index contributed by atoms with van der Waals surface area (Å²) in [5.41, 5.74) is 6.86. The molecule has 0 saturated carbocycles. The Kier molecular flexibility index (Phi) is 5.20. The van der Waals surface area contributed by atoms with Crippen LogP contribution in [0.1, 0.15) is 39.0 Å². The standard InChI is InChI=1S/C12H24N2/c1-3-14-9-5-4-6-12(14)10-11(2)7-8-13/h12H,2-10,13H2,1H3. The van der Waals surface area contributed by atoms with E-state index in [0.29, 0.717) is 0 Å². The molecule has 0 radical (unpaired) electrons. The molecule has 0 amide bonds. The number of piperidine rings is 1. The summed E-state index contributed by atoms with van der Waals surface area (Å²) >= 11 is 0. The van der Waals surface area contributed by atoms with E-state index in [2.05, 4.69) is 18.4 Å². The van der Waals surface area contributed by atoms with Gasteiger partial charge >= 0.3 is 0 Å². The van der Waals surface area contributed by atoms with Crippen LogP contribution in [0.15, 0.2) is 12.2 Å². The fourth-order valence-corrected chi connectivity index (χ4v) is 2.35. The fraction of sp³-hybridized carbons (Fsp3) is 0.833. The highest BCUT2D eigenvalue weighted by Crippen LogP contribution is 2.22. The third-order valence-corrected chi connectivity index (χ3v) is 3.18. The number of nitrogens with two attached hydrogens (primary N) is 1. The van der Waals surface area contributed by atoms with Crippen LogP contribution in [0.5, 0.6) is 0 Å². The van der Waals surface area contributed by atoms with E-state index in [0.717, 1.165) is 25.4 Å². The normalized spacial score (nSPS) is 23.7. The van der Waals surface area contributed by atoms with E-state index in [1.54, 1.807) is 0 Å². The van der Waals surface area contributed by atoms with E-state index in [-0.39, 0.29) is 0 Å². The SMILES string of the molecule is C=C(CCN)CC1CCCCN1CC. The zero-order valence-corrected chi connectivity index (χ0v) is 9.47. The van der Waals surface area contributed by atoms with Crippen molar-refractivity contribution in [2.75, 3.05) is 19.6 Å². The molecule has 2 nitrogen and oxygen atoms in total. The van der Waals surface area contributed by atoms with Crippen LogP contribution < -0.4 is 5.73 Å². The minimum atomic E-state index is 0.743. The first-order chi connectivity index (χ1) is 6.77. The van der Waals surface area contributed by atoms with Gasteiger partial charge < -0.3 is 10.6 Å². The number of hydrogen-bond donors (Lipinski definition) is 1. The zero-order valence-electron chi connectivity index (χ0n) is 9.47. The first-order valence-corrected chi connectivity index (χ1v) is 5.88. The molecule has 14 heavy (non-hydrogen) atoms. The van der Waals surface area contributed by atoms with E-state index in [9.17, 15) is 0 Å². The summed E-state index contributed by atoms with van der Waals surface area (Å²) < 4.78 is 0. The van der Waals surface area contributed by atoms with Crippen LogP contribution >= 0.6 is 0 Å². The van der Waals surface area contributed by atoms with E-state index in [1.807, 2.05) is 0 Å². The lowest BCUT2D eigenvalue weighted by atomic mass is 9.95. The second-order valence-corrected chi connectivity index (χ2v) is 4.27. The predicted octanol–water partition coefficient (Wildman–Crippen LogP) is 2.16. The molecule has 2 N–H and O–H groups in total. The Bertz CT molecular complexity index is 177. The molecule has 0 bridgehead atoms. The molecule has 0 aliphatic carbocycles. The molecule has 1 rings (SSSR count). The first kappa shape index (κ1) is 11.7. The van der Waals surface area contributed by atoms with Crippen LogP contribution in [0.3, 0.4) is 0 Å². The highest BCUT2D eigenvalue weighted by molar-refractivity contribution is 4.99. The molecule has 1 fully saturated rings. The van der Waals surface area contributed by atoms with E-state index in [1.165, 1.54) is 37.9 Å². The van der Waals surface area contributed by atoms with Gasteiger partial charge in [-0.3, -0.25) is 0 Å². The molecular weight excluding hydrogens is 172 g/mol. The van der Waals surface area contributed by atoms with Gasteiger partial charge in [0.25, 0.3) is 0 Å². The zero-order chi connectivity index (χ0) is 10.4. The number of nitrogens with zero attached hydrogens (tertiary/aromatic N) is 1. The van der Waals surface area contributed by atoms with Crippen molar-refractivity contribution in [3.63, 3.8) is 0 Å². The summed E-state index contributed by atoms with van der Waals surface area (Å²) in [6, 6.07) is 0.743. The van der Waals surface area contributed by atoms with Gasteiger partial charge in [0.1, 0.15) is 0 Å². The first-order valence-electron chi connectivity index (χ1n) is 5.88. The molecule has 0 spiro atoms. The largest absolute Gasteiger partial charge is 0.330 e. The quantitative estimate of drug-likeness (QED) is 0.683. The van der Waals surface area contributed by atoms with Crippen molar-refractivity contribution in [1.29, 1.82) is 0 Å². The molecule has 0 aromatic carbocycles. The van der Waals surface area contributed by atoms with Crippen molar-refractivity contribution in [1.82, 2.24) is 4.90 Å². The Morgan fingerprint density at radius 2 is 2.29 bits per heavy atom. The van der Waals surface area contributed by atoms with Gasteiger partial charge in [0.2, 0.25) is 0 Å². The van der Waals surface area contributed by atoms with Gasteiger partial charge in [-0.15, -0.1) is 0 Å². The molecule has 1 heterocycles. The second kappa shape index (κ2) is 6.20. The lowest BCUT2D eigenvalue weighted by molar-refractivity contribution is 0.155. The van der Waals surface area contributed by atoms with E-state index < -0.39 is 0 Å². The van der Waals surface area contributed by atoms with Crippen molar-refractivity contribution >= 4 is 0 Å². The number of rotatable bonds is 5. The van der Waals surface area contributed by atoms with Gasteiger partial charge in [-0.1, -0.05) is 25.5 Å². The summed E-state index contributed by atoms with van der Waals surface area (Å²) in [7, 11) is 0. The molecule has 0 aromatic heterocycles. The van der Waals surface area contributed by atoms with Crippen molar-refractivity contribution in [2.45, 2.75) is 45.1 Å². The Morgan fingerprint density at radius 3 is 2.93 bits per heavy atom. The highest BCUT2D eigenvalue weighted by atomic mass is 15.2.